The minimum atomic E-state index is 0.113. The van der Waals surface area contributed by atoms with Crippen molar-refractivity contribution in [2.45, 2.75) is 23.5 Å². The minimum absolute atomic E-state index is 0.113. The van der Waals surface area contributed by atoms with E-state index in [9.17, 15) is 4.79 Å². The highest BCUT2D eigenvalue weighted by Crippen LogP contribution is 2.38. The number of aryl methyl sites for hydroxylation is 1. The smallest absolute Gasteiger partial charge is 0.164 e. The summed E-state index contributed by atoms with van der Waals surface area (Å²) in [7, 11) is 0. The second-order valence-electron chi connectivity index (χ2n) is 5.82. The molecule has 3 aromatic rings. The molecular formula is C22H20OS. The first-order valence-electron chi connectivity index (χ1n) is 8.09. The topological polar surface area (TPSA) is 17.1 Å². The third kappa shape index (κ3) is 4.36. The van der Waals surface area contributed by atoms with Gasteiger partial charge >= 0.3 is 0 Å². The standard InChI is InChI=1S/C22H20OS/c1-17-12-14-20(15-13-17)24-22(19-10-6-3-7-11-19)16-21(23)18-8-4-2-5-9-18/h2-15,22H,16H2,1H3/t22-/m1/s1. The van der Waals surface area contributed by atoms with E-state index in [1.165, 1.54) is 16.0 Å². The number of carbonyl (C=O) groups excluding carboxylic acids is 1. The highest BCUT2D eigenvalue weighted by Gasteiger charge is 2.18. The number of carbonyl (C=O) groups is 1. The quantitative estimate of drug-likeness (QED) is 0.400. The lowest BCUT2D eigenvalue weighted by atomic mass is 10.0. The van der Waals surface area contributed by atoms with Gasteiger partial charge in [0.15, 0.2) is 5.78 Å². The van der Waals surface area contributed by atoms with Gasteiger partial charge in [-0.25, -0.2) is 0 Å². The van der Waals surface area contributed by atoms with Gasteiger partial charge in [-0.15, -0.1) is 11.8 Å². The highest BCUT2D eigenvalue weighted by molar-refractivity contribution is 7.99. The summed E-state index contributed by atoms with van der Waals surface area (Å²) in [4.78, 5) is 13.8. The van der Waals surface area contributed by atoms with Crippen LogP contribution in [0.2, 0.25) is 0 Å². The average Bonchev–Trinajstić information content (AvgIpc) is 2.64. The van der Waals surface area contributed by atoms with Crippen LogP contribution >= 0.6 is 11.8 Å². The number of Topliss-reactive ketones (excluding diaryl/α,β-unsaturated/α-hetero) is 1. The van der Waals surface area contributed by atoms with Gasteiger partial charge in [-0.1, -0.05) is 78.4 Å². The van der Waals surface area contributed by atoms with Gasteiger partial charge in [0, 0.05) is 22.1 Å². The molecule has 0 heterocycles. The predicted molar refractivity (Wildman–Crippen MR) is 102 cm³/mol. The molecule has 0 spiro atoms. The third-order valence-electron chi connectivity index (χ3n) is 3.94. The molecule has 0 unspecified atom stereocenters. The van der Waals surface area contributed by atoms with Crippen molar-refractivity contribution in [3.05, 3.63) is 102 Å². The Morgan fingerprint density at radius 1 is 0.833 bits per heavy atom. The molecule has 2 heteroatoms. The lowest BCUT2D eigenvalue weighted by Gasteiger charge is -2.17. The molecule has 0 saturated heterocycles. The zero-order valence-corrected chi connectivity index (χ0v) is 14.5. The number of benzene rings is 3. The summed E-state index contributed by atoms with van der Waals surface area (Å²) in [6, 6.07) is 28.3. The van der Waals surface area contributed by atoms with Crippen molar-refractivity contribution in [2.24, 2.45) is 0 Å². The molecule has 0 aliphatic heterocycles. The Labute approximate surface area is 147 Å². The van der Waals surface area contributed by atoms with Gasteiger partial charge < -0.3 is 0 Å². The predicted octanol–water partition coefficient (Wildman–Crippen LogP) is 6.10. The molecule has 0 aliphatic rings. The molecule has 3 rings (SSSR count). The summed E-state index contributed by atoms with van der Waals surface area (Å²) in [5.41, 5.74) is 3.21. The van der Waals surface area contributed by atoms with Gasteiger partial charge in [0.25, 0.3) is 0 Å². The van der Waals surface area contributed by atoms with Crippen LogP contribution in [0.25, 0.3) is 0 Å². The Morgan fingerprint density at radius 3 is 2.04 bits per heavy atom. The molecule has 0 fully saturated rings. The van der Waals surface area contributed by atoms with Crippen molar-refractivity contribution in [3.63, 3.8) is 0 Å². The van der Waals surface area contributed by atoms with Crippen molar-refractivity contribution in [2.75, 3.05) is 0 Å². The van der Waals surface area contributed by atoms with E-state index in [0.717, 1.165) is 5.56 Å². The van der Waals surface area contributed by atoms with Crippen molar-refractivity contribution >= 4 is 17.5 Å². The molecular weight excluding hydrogens is 312 g/mol. The molecule has 0 bridgehead atoms. The van der Waals surface area contributed by atoms with Crippen molar-refractivity contribution < 1.29 is 4.79 Å². The van der Waals surface area contributed by atoms with E-state index in [1.807, 2.05) is 48.5 Å². The van der Waals surface area contributed by atoms with Crippen LogP contribution in [0.3, 0.4) is 0 Å². The Bertz CT molecular complexity index is 779. The first-order chi connectivity index (χ1) is 11.7. The normalized spacial score (nSPS) is 11.9. The van der Waals surface area contributed by atoms with Crippen LogP contribution in [0, 0.1) is 6.92 Å². The Hall–Kier alpha value is -2.32. The fraction of sp³-hybridized carbons (Fsp3) is 0.136. The summed E-state index contributed by atoms with van der Waals surface area (Å²) >= 11 is 1.75. The van der Waals surface area contributed by atoms with Crippen LogP contribution in [0.5, 0.6) is 0 Å². The van der Waals surface area contributed by atoms with Crippen LogP contribution in [-0.4, -0.2) is 5.78 Å². The van der Waals surface area contributed by atoms with Crippen molar-refractivity contribution in [1.29, 1.82) is 0 Å². The van der Waals surface area contributed by atoms with Gasteiger partial charge in [0.1, 0.15) is 0 Å². The molecule has 0 N–H and O–H groups in total. The molecule has 0 saturated carbocycles. The van der Waals surface area contributed by atoms with Crippen LogP contribution in [0.4, 0.5) is 0 Å². The maximum atomic E-state index is 12.7. The van der Waals surface area contributed by atoms with Crippen LogP contribution in [-0.2, 0) is 0 Å². The first-order valence-corrected chi connectivity index (χ1v) is 8.97. The largest absolute Gasteiger partial charge is 0.294 e. The van der Waals surface area contributed by atoms with E-state index in [0.29, 0.717) is 6.42 Å². The molecule has 0 radical (unpaired) electrons. The van der Waals surface area contributed by atoms with E-state index in [4.69, 9.17) is 0 Å². The van der Waals surface area contributed by atoms with Crippen LogP contribution in [0.15, 0.2) is 89.8 Å². The number of hydrogen-bond donors (Lipinski definition) is 0. The monoisotopic (exact) mass is 332 g/mol. The number of thioether (sulfide) groups is 1. The average molecular weight is 332 g/mol. The van der Waals surface area contributed by atoms with E-state index < -0.39 is 0 Å². The molecule has 1 nitrogen and oxygen atoms in total. The molecule has 0 aliphatic carbocycles. The Morgan fingerprint density at radius 2 is 1.42 bits per heavy atom. The first kappa shape index (κ1) is 16.5. The summed E-state index contributed by atoms with van der Waals surface area (Å²) in [5, 5.41) is 0.113. The van der Waals surface area contributed by atoms with Gasteiger partial charge in [0.05, 0.1) is 0 Å². The van der Waals surface area contributed by atoms with Gasteiger partial charge in [-0.2, -0.15) is 0 Å². The van der Waals surface area contributed by atoms with E-state index in [-0.39, 0.29) is 11.0 Å². The lowest BCUT2D eigenvalue weighted by Crippen LogP contribution is -2.05. The summed E-state index contributed by atoms with van der Waals surface area (Å²) in [6.45, 7) is 2.09. The second-order valence-corrected chi connectivity index (χ2v) is 7.10. The van der Waals surface area contributed by atoms with E-state index >= 15 is 0 Å². The van der Waals surface area contributed by atoms with Gasteiger partial charge in [-0.05, 0) is 24.6 Å². The molecule has 24 heavy (non-hydrogen) atoms. The summed E-state index contributed by atoms with van der Waals surface area (Å²) in [6.07, 6.45) is 0.493. The molecule has 120 valence electrons. The lowest BCUT2D eigenvalue weighted by molar-refractivity contribution is 0.0982. The second kappa shape index (κ2) is 7.98. The zero-order valence-electron chi connectivity index (χ0n) is 13.7. The fourth-order valence-electron chi connectivity index (χ4n) is 2.59. The Kier molecular flexibility index (Phi) is 5.50. The molecule has 3 aromatic carbocycles. The van der Waals surface area contributed by atoms with Crippen LogP contribution in [0.1, 0.15) is 33.2 Å². The van der Waals surface area contributed by atoms with Crippen molar-refractivity contribution in [1.82, 2.24) is 0 Å². The van der Waals surface area contributed by atoms with Crippen molar-refractivity contribution in [3.8, 4) is 0 Å². The zero-order chi connectivity index (χ0) is 16.8. The number of hydrogen-bond acceptors (Lipinski definition) is 2. The minimum Gasteiger partial charge on any atom is -0.294 e. The van der Waals surface area contributed by atoms with Crippen LogP contribution < -0.4 is 0 Å². The Balaban J connectivity index is 1.82. The van der Waals surface area contributed by atoms with E-state index in [1.54, 1.807) is 11.8 Å². The van der Waals surface area contributed by atoms with E-state index in [2.05, 4.69) is 43.3 Å². The van der Waals surface area contributed by atoms with Gasteiger partial charge in [0.2, 0.25) is 0 Å². The summed E-state index contributed by atoms with van der Waals surface area (Å²) < 4.78 is 0. The molecule has 0 amide bonds. The maximum absolute atomic E-state index is 12.7. The third-order valence-corrected chi connectivity index (χ3v) is 5.20. The highest BCUT2D eigenvalue weighted by atomic mass is 32.2. The summed E-state index contributed by atoms with van der Waals surface area (Å²) in [5.74, 6) is 0.184. The molecule has 1 atom stereocenters. The number of ketones is 1. The molecule has 0 aromatic heterocycles. The maximum Gasteiger partial charge on any atom is 0.164 e. The van der Waals surface area contributed by atoms with Gasteiger partial charge in [-0.3, -0.25) is 4.79 Å². The number of rotatable bonds is 6. The SMILES string of the molecule is Cc1ccc(S[C@H](CC(=O)c2ccccc2)c2ccccc2)cc1. The fourth-order valence-corrected chi connectivity index (χ4v) is 3.74.